The summed E-state index contributed by atoms with van der Waals surface area (Å²) in [4.78, 5) is 13.0. The fraction of sp³-hybridized carbons (Fsp3) is 0.947. The average Bonchev–Trinajstić information content (AvgIpc) is 2.85. The van der Waals surface area contributed by atoms with Crippen LogP contribution in [0.2, 0.25) is 0 Å². The molecule has 1 aliphatic heterocycles. The number of carboxylic acid groups (broad SMARTS) is 1. The van der Waals surface area contributed by atoms with E-state index >= 15 is 0 Å². The van der Waals surface area contributed by atoms with E-state index in [9.17, 15) is 18.7 Å². The van der Waals surface area contributed by atoms with E-state index in [0.29, 0.717) is 0 Å². The summed E-state index contributed by atoms with van der Waals surface area (Å²) in [7, 11) is 0. The van der Waals surface area contributed by atoms with Gasteiger partial charge in [-0.3, -0.25) is 9.69 Å². The molecule has 1 saturated heterocycles. The van der Waals surface area contributed by atoms with E-state index in [-0.39, 0.29) is 6.04 Å². The molecule has 0 saturated carbocycles. The van der Waals surface area contributed by atoms with Crippen LogP contribution in [0.3, 0.4) is 0 Å². The molecule has 24 heavy (non-hydrogen) atoms. The Morgan fingerprint density at radius 1 is 1.04 bits per heavy atom. The second-order valence-corrected chi connectivity index (χ2v) is 7.29. The molecule has 0 aromatic heterocycles. The first-order valence-electron chi connectivity index (χ1n) is 9.77. The van der Waals surface area contributed by atoms with Crippen LogP contribution in [0.1, 0.15) is 90.9 Å². The number of carbonyl (C=O) groups is 1. The zero-order valence-electron chi connectivity index (χ0n) is 15.4. The van der Waals surface area contributed by atoms with Crippen LogP contribution in [0.15, 0.2) is 0 Å². The SMILES string of the molecule is CCCCCCCC(CCCCCC)N1CC(F)(F)C[C@H]1C(=O)O. The third-order valence-corrected chi connectivity index (χ3v) is 5.09. The maximum Gasteiger partial charge on any atom is 0.321 e. The highest BCUT2D eigenvalue weighted by Gasteiger charge is 2.49. The number of carboxylic acids is 1. The Morgan fingerprint density at radius 3 is 2.04 bits per heavy atom. The van der Waals surface area contributed by atoms with E-state index in [1.165, 1.54) is 19.3 Å². The lowest BCUT2D eigenvalue weighted by Crippen LogP contribution is -2.43. The van der Waals surface area contributed by atoms with Gasteiger partial charge in [-0.05, 0) is 12.8 Å². The number of hydrogen-bond donors (Lipinski definition) is 1. The Hall–Kier alpha value is -0.710. The maximum atomic E-state index is 13.8. The number of rotatable bonds is 13. The van der Waals surface area contributed by atoms with Crippen molar-refractivity contribution in [3.63, 3.8) is 0 Å². The molecule has 1 N–H and O–H groups in total. The van der Waals surface area contributed by atoms with Crippen LogP contribution in [-0.4, -0.2) is 40.5 Å². The van der Waals surface area contributed by atoms with Gasteiger partial charge in [0, 0.05) is 12.5 Å². The van der Waals surface area contributed by atoms with Crippen LogP contribution in [0.5, 0.6) is 0 Å². The summed E-state index contributed by atoms with van der Waals surface area (Å²) in [6, 6.07) is -1.04. The standard InChI is InChI=1S/C19H35F2NO2/c1-3-5-7-9-11-13-16(12-10-8-6-4-2)22-15-19(20,21)14-17(22)18(23)24/h16-17H,3-15H2,1-2H3,(H,23,24)/t16?,17-/m0/s1. The summed E-state index contributed by atoms with van der Waals surface area (Å²) >= 11 is 0. The predicted molar refractivity (Wildman–Crippen MR) is 93.6 cm³/mol. The lowest BCUT2D eigenvalue weighted by molar-refractivity contribution is -0.143. The van der Waals surface area contributed by atoms with Crippen molar-refractivity contribution in [1.29, 1.82) is 0 Å². The Kier molecular flexibility index (Phi) is 9.79. The third-order valence-electron chi connectivity index (χ3n) is 5.09. The van der Waals surface area contributed by atoms with Gasteiger partial charge in [-0.15, -0.1) is 0 Å². The topological polar surface area (TPSA) is 40.5 Å². The van der Waals surface area contributed by atoms with Gasteiger partial charge in [-0.2, -0.15) is 0 Å². The zero-order valence-corrected chi connectivity index (χ0v) is 15.4. The van der Waals surface area contributed by atoms with E-state index in [4.69, 9.17) is 0 Å². The number of alkyl halides is 2. The first-order valence-corrected chi connectivity index (χ1v) is 9.77. The zero-order chi connectivity index (χ0) is 18.0. The summed E-state index contributed by atoms with van der Waals surface area (Å²) in [6.07, 6.45) is 11.2. The van der Waals surface area contributed by atoms with E-state index in [0.717, 1.165) is 51.4 Å². The monoisotopic (exact) mass is 347 g/mol. The molecule has 5 heteroatoms. The molecule has 1 heterocycles. The second-order valence-electron chi connectivity index (χ2n) is 7.29. The Balaban J connectivity index is 2.61. The smallest absolute Gasteiger partial charge is 0.321 e. The third kappa shape index (κ3) is 7.45. The summed E-state index contributed by atoms with van der Waals surface area (Å²) in [5, 5.41) is 9.34. The number of hydrogen-bond acceptors (Lipinski definition) is 2. The van der Waals surface area contributed by atoms with Gasteiger partial charge >= 0.3 is 5.97 Å². The number of likely N-dealkylation sites (tertiary alicyclic amines) is 1. The fourth-order valence-corrected chi connectivity index (χ4v) is 3.72. The number of unbranched alkanes of at least 4 members (excludes halogenated alkanes) is 7. The van der Waals surface area contributed by atoms with Gasteiger partial charge in [0.25, 0.3) is 5.92 Å². The van der Waals surface area contributed by atoms with Gasteiger partial charge < -0.3 is 5.11 Å². The molecular formula is C19H35F2NO2. The minimum atomic E-state index is -2.87. The molecule has 1 aliphatic rings. The first kappa shape index (κ1) is 21.3. The highest BCUT2D eigenvalue weighted by Crippen LogP contribution is 2.35. The molecule has 0 amide bonds. The van der Waals surface area contributed by atoms with Crippen molar-refractivity contribution in [3.8, 4) is 0 Å². The number of halogens is 2. The summed E-state index contributed by atoms with van der Waals surface area (Å²) in [5.41, 5.74) is 0. The van der Waals surface area contributed by atoms with E-state index in [1.807, 2.05) is 0 Å². The second kappa shape index (κ2) is 11.0. The van der Waals surface area contributed by atoms with Crippen molar-refractivity contribution in [1.82, 2.24) is 4.90 Å². The van der Waals surface area contributed by atoms with Crippen molar-refractivity contribution in [2.75, 3.05) is 6.54 Å². The van der Waals surface area contributed by atoms with E-state index in [1.54, 1.807) is 4.90 Å². The summed E-state index contributed by atoms with van der Waals surface area (Å²) in [6.45, 7) is 3.92. The quantitative estimate of drug-likeness (QED) is 0.448. The first-order chi connectivity index (χ1) is 11.4. The van der Waals surface area contributed by atoms with Gasteiger partial charge in [-0.25, -0.2) is 8.78 Å². The average molecular weight is 347 g/mol. The van der Waals surface area contributed by atoms with Crippen molar-refractivity contribution < 1.29 is 18.7 Å². The van der Waals surface area contributed by atoms with Crippen molar-refractivity contribution in [3.05, 3.63) is 0 Å². The Morgan fingerprint density at radius 2 is 1.54 bits per heavy atom. The van der Waals surface area contributed by atoms with Crippen molar-refractivity contribution >= 4 is 5.97 Å². The Bertz CT molecular complexity index is 363. The van der Waals surface area contributed by atoms with Crippen LogP contribution in [-0.2, 0) is 4.79 Å². The molecule has 142 valence electrons. The molecule has 0 aromatic rings. The molecule has 0 aliphatic carbocycles. The van der Waals surface area contributed by atoms with Gasteiger partial charge in [-0.1, -0.05) is 71.6 Å². The predicted octanol–water partition coefficient (Wildman–Crippen LogP) is 5.48. The normalized spacial score (nSPS) is 21.9. The number of aliphatic carboxylic acids is 1. The van der Waals surface area contributed by atoms with E-state index < -0.39 is 30.9 Å². The van der Waals surface area contributed by atoms with Crippen LogP contribution < -0.4 is 0 Å². The lowest BCUT2D eigenvalue weighted by atomic mass is 9.98. The molecule has 0 radical (unpaired) electrons. The van der Waals surface area contributed by atoms with E-state index in [2.05, 4.69) is 13.8 Å². The van der Waals surface area contributed by atoms with Crippen molar-refractivity contribution in [2.45, 2.75) is 109 Å². The lowest BCUT2D eigenvalue weighted by Gasteiger charge is -2.31. The Labute approximate surface area is 145 Å². The summed E-state index contributed by atoms with van der Waals surface area (Å²) < 4.78 is 27.6. The van der Waals surface area contributed by atoms with Crippen LogP contribution in [0.25, 0.3) is 0 Å². The minimum Gasteiger partial charge on any atom is -0.480 e. The van der Waals surface area contributed by atoms with Gasteiger partial charge in [0.15, 0.2) is 0 Å². The van der Waals surface area contributed by atoms with Crippen LogP contribution in [0.4, 0.5) is 8.78 Å². The van der Waals surface area contributed by atoms with Gasteiger partial charge in [0.2, 0.25) is 0 Å². The highest BCUT2D eigenvalue weighted by atomic mass is 19.3. The molecule has 2 atom stereocenters. The molecule has 1 fully saturated rings. The molecule has 0 spiro atoms. The molecule has 0 bridgehead atoms. The maximum absolute atomic E-state index is 13.8. The molecule has 1 unspecified atom stereocenters. The molecule has 0 aromatic carbocycles. The van der Waals surface area contributed by atoms with Crippen LogP contribution in [0, 0.1) is 0 Å². The molecule has 3 nitrogen and oxygen atoms in total. The number of nitrogens with zero attached hydrogens (tertiary/aromatic N) is 1. The highest BCUT2D eigenvalue weighted by molar-refractivity contribution is 5.74. The van der Waals surface area contributed by atoms with Crippen LogP contribution >= 0.6 is 0 Å². The van der Waals surface area contributed by atoms with Gasteiger partial charge in [0.05, 0.1) is 6.54 Å². The summed E-state index contributed by atoms with van der Waals surface area (Å²) in [5.74, 6) is -3.97. The molecular weight excluding hydrogens is 312 g/mol. The fourth-order valence-electron chi connectivity index (χ4n) is 3.72. The largest absolute Gasteiger partial charge is 0.480 e. The minimum absolute atomic E-state index is 0.0158. The van der Waals surface area contributed by atoms with Crippen molar-refractivity contribution in [2.24, 2.45) is 0 Å². The molecule has 1 rings (SSSR count). The van der Waals surface area contributed by atoms with Gasteiger partial charge in [0.1, 0.15) is 6.04 Å².